The fraction of sp³-hybridized carbons (Fsp3) is 0.227. The molecule has 0 spiro atoms. The highest BCUT2D eigenvalue weighted by Crippen LogP contribution is 2.29. The van der Waals surface area contributed by atoms with Crippen molar-refractivity contribution < 1.29 is 26.9 Å². The van der Waals surface area contributed by atoms with Crippen LogP contribution in [0.15, 0.2) is 41.5 Å². The van der Waals surface area contributed by atoms with E-state index in [2.05, 4.69) is 9.97 Å². The molecule has 0 fully saturated rings. The summed E-state index contributed by atoms with van der Waals surface area (Å²) in [6, 6.07) is 5.45. The van der Waals surface area contributed by atoms with Crippen LogP contribution in [0.5, 0.6) is 0 Å². The number of hydrogen-bond acceptors (Lipinski definition) is 2. The Balaban J connectivity index is 1.43. The van der Waals surface area contributed by atoms with E-state index < -0.39 is 29.2 Å². The minimum absolute atomic E-state index is 0.118. The SMILES string of the molecule is O=C(c1cc(Cc2c[nH]c(=O)c3cc(Cl)c(Cl)n23)ccc1F)N1CC[n+]2cc(C(F)(F)F)[nH]c2C1. The Hall–Kier alpha value is -3.31. The van der Waals surface area contributed by atoms with Gasteiger partial charge in [-0.05, 0) is 23.8 Å². The molecule has 1 aliphatic heterocycles. The molecule has 1 aromatic carbocycles. The number of rotatable bonds is 3. The van der Waals surface area contributed by atoms with Crippen molar-refractivity contribution in [1.29, 1.82) is 0 Å². The number of aromatic amines is 2. The monoisotopic (exact) mass is 528 g/mol. The fourth-order valence-corrected chi connectivity index (χ4v) is 4.62. The van der Waals surface area contributed by atoms with Gasteiger partial charge in [-0.15, -0.1) is 0 Å². The topological polar surface area (TPSA) is 77.2 Å². The summed E-state index contributed by atoms with van der Waals surface area (Å²) in [6.07, 6.45) is -1.94. The molecule has 1 amide bonds. The number of fused-ring (bicyclic) bond motifs is 2. The van der Waals surface area contributed by atoms with Crippen molar-refractivity contribution in [3.8, 4) is 0 Å². The van der Waals surface area contributed by atoms with E-state index in [1.807, 2.05) is 0 Å². The zero-order valence-corrected chi connectivity index (χ0v) is 19.2. The van der Waals surface area contributed by atoms with Crippen molar-refractivity contribution in [2.45, 2.75) is 25.7 Å². The normalized spacial score (nSPS) is 13.9. The van der Waals surface area contributed by atoms with E-state index in [9.17, 15) is 27.2 Å². The molecule has 0 unspecified atom stereocenters. The van der Waals surface area contributed by atoms with Gasteiger partial charge in [0.2, 0.25) is 5.69 Å². The zero-order chi connectivity index (χ0) is 25.1. The Morgan fingerprint density at radius 1 is 1.20 bits per heavy atom. The Morgan fingerprint density at radius 2 is 1.97 bits per heavy atom. The summed E-state index contributed by atoms with van der Waals surface area (Å²) < 4.78 is 56.5. The highest BCUT2D eigenvalue weighted by atomic mass is 35.5. The Kier molecular flexibility index (Phi) is 5.64. The first-order valence-corrected chi connectivity index (χ1v) is 11.1. The summed E-state index contributed by atoms with van der Waals surface area (Å²) in [7, 11) is 0. The fourth-order valence-electron chi connectivity index (χ4n) is 4.18. The number of amides is 1. The number of nitrogens with zero attached hydrogens (tertiary/aromatic N) is 3. The Bertz CT molecular complexity index is 1540. The second-order valence-corrected chi connectivity index (χ2v) is 8.90. The van der Waals surface area contributed by atoms with E-state index in [0.29, 0.717) is 11.3 Å². The van der Waals surface area contributed by atoms with Crippen LogP contribution in [0.3, 0.4) is 0 Å². The van der Waals surface area contributed by atoms with Crippen molar-refractivity contribution in [2.24, 2.45) is 0 Å². The van der Waals surface area contributed by atoms with Crippen molar-refractivity contribution in [3.63, 3.8) is 0 Å². The number of alkyl halides is 3. The number of halogens is 6. The van der Waals surface area contributed by atoms with Gasteiger partial charge >= 0.3 is 6.18 Å². The summed E-state index contributed by atoms with van der Waals surface area (Å²) >= 11 is 12.3. The summed E-state index contributed by atoms with van der Waals surface area (Å²) in [5, 5.41) is 0.340. The first-order valence-electron chi connectivity index (χ1n) is 10.4. The molecule has 0 saturated carbocycles. The highest BCUT2D eigenvalue weighted by molar-refractivity contribution is 6.42. The number of benzene rings is 1. The number of hydrogen-bond donors (Lipinski definition) is 2. The second-order valence-electron chi connectivity index (χ2n) is 8.14. The number of carbonyl (C=O) groups is 1. The molecule has 0 saturated heterocycles. The van der Waals surface area contributed by atoms with Gasteiger partial charge in [0.15, 0.2) is 0 Å². The molecule has 0 aliphatic carbocycles. The van der Waals surface area contributed by atoms with Gasteiger partial charge in [-0.2, -0.15) is 13.2 Å². The molecule has 0 radical (unpaired) electrons. The van der Waals surface area contributed by atoms with Crippen LogP contribution >= 0.6 is 23.2 Å². The molecule has 4 aromatic rings. The van der Waals surface area contributed by atoms with Gasteiger partial charge in [0.1, 0.15) is 35.8 Å². The molecular weight excluding hydrogens is 513 g/mol. The molecule has 35 heavy (non-hydrogen) atoms. The van der Waals surface area contributed by atoms with Crippen LogP contribution < -0.4 is 10.1 Å². The van der Waals surface area contributed by atoms with Gasteiger partial charge in [-0.1, -0.05) is 29.3 Å². The molecule has 1 aliphatic rings. The maximum absolute atomic E-state index is 14.6. The third kappa shape index (κ3) is 4.19. The predicted molar refractivity (Wildman–Crippen MR) is 118 cm³/mol. The van der Waals surface area contributed by atoms with Gasteiger partial charge in [0.25, 0.3) is 17.3 Å². The Morgan fingerprint density at radius 3 is 2.71 bits per heavy atom. The maximum Gasteiger partial charge on any atom is 0.457 e. The van der Waals surface area contributed by atoms with Crippen molar-refractivity contribution in [2.75, 3.05) is 6.54 Å². The smallest absolute Gasteiger partial charge is 0.326 e. The average Bonchev–Trinajstić information content (AvgIpc) is 3.38. The standard InChI is InChI=1S/C22H15Cl2F4N5O2/c23-14-7-16-20(34)29-8-12(33(16)19(14)24)5-11-1-2-15(25)13(6-11)21(35)32-4-3-31-9-17(22(26,27)28)30-18(31)10-32/h1-2,6-9H,3-5,10H2,(H,29,34)/p+1. The molecule has 13 heteroatoms. The van der Waals surface area contributed by atoms with Crippen LogP contribution in [0.2, 0.25) is 10.2 Å². The largest absolute Gasteiger partial charge is 0.457 e. The summed E-state index contributed by atoms with van der Waals surface area (Å²) in [5.74, 6) is -1.20. The van der Waals surface area contributed by atoms with E-state index in [1.165, 1.54) is 38.3 Å². The number of carbonyl (C=O) groups excluding carboxylic acids is 1. The molecule has 0 atom stereocenters. The van der Waals surface area contributed by atoms with Crippen LogP contribution in [0, 0.1) is 5.82 Å². The second kappa shape index (κ2) is 8.42. The van der Waals surface area contributed by atoms with E-state index in [0.717, 1.165) is 12.3 Å². The minimum Gasteiger partial charge on any atom is -0.326 e. The van der Waals surface area contributed by atoms with Gasteiger partial charge in [-0.3, -0.25) is 14.0 Å². The quantitative estimate of drug-likeness (QED) is 0.312. The Labute approximate surface area is 204 Å². The van der Waals surface area contributed by atoms with Crippen LogP contribution in [-0.2, 0) is 25.7 Å². The van der Waals surface area contributed by atoms with Gasteiger partial charge < -0.3 is 9.88 Å². The highest BCUT2D eigenvalue weighted by Gasteiger charge is 2.40. The first-order chi connectivity index (χ1) is 16.5. The average molecular weight is 529 g/mol. The lowest BCUT2D eigenvalue weighted by atomic mass is 10.0. The number of aromatic nitrogens is 4. The maximum atomic E-state index is 14.6. The molecule has 3 aromatic heterocycles. The first kappa shape index (κ1) is 23.4. The summed E-state index contributed by atoms with van der Waals surface area (Å²) in [5.41, 5.74) is -0.178. The van der Waals surface area contributed by atoms with Gasteiger partial charge in [0, 0.05) is 18.3 Å². The zero-order valence-electron chi connectivity index (χ0n) is 17.7. The van der Waals surface area contributed by atoms with E-state index in [-0.39, 0.29) is 53.1 Å². The number of imidazole rings is 1. The van der Waals surface area contributed by atoms with Crippen molar-refractivity contribution >= 4 is 34.6 Å². The summed E-state index contributed by atoms with van der Waals surface area (Å²) in [4.78, 5) is 31.4. The molecule has 0 bridgehead atoms. The molecular formula is C22H16Cl2F4N5O2+. The molecule has 5 rings (SSSR count). The van der Waals surface area contributed by atoms with Crippen LogP contribution in [0.1, 0.15) is 33.1 Å². The molecule has 7 nitrogen and oxygen atoms in total. The molecule has 4 heterocycles. The van der Waals surface area contributed by atoms with Crippen LogP contribution in [0.25, 0.3) is 5.52 Å². The number of H-pyrrole nitrogens is 2. The lowest BCUT2D eigenvalue weighted by Gasteiger charge is -2.24. The summed E-state index contributed by atoms with van der Waals surface area (Å²) in [6.45, 7) is 0.126. The lowest BCUT2D eigenvalue weighted by molar-refractivity contribution is -0.709. The van der Waals surface area contributed by atoms with E-state index in [1.54, 1.807) is 0 Å². The van der Waals surface area contributed by atoms with Crippen molar-refractivity contribution in [3.05, 3.63) is 91.3 Å². The van der Waals surface area contributed by atoms with Gasteiger partial charge in [0.05, 0.1) is 17.1 Å². The lowest BCUT2D eigenvalue weighted by Crippen LogP contribution is -2.50. The van der Waals surface area contributed by atoms with E-state index in [4.69, 9.17) is 23.2 Å². The van der Waals surface area contributed by atoms with E-state index >= 15 is 0 Å². The predicted octanol–water partition coefficient (Wildman–Crippen LogP) is 3.95. The minimum atomic E-state index is -4.54. The van der Waals surface area contributed by atoms with Crippen LogP contribution in [-0.4, -0.2) is 31.7 Å². The van der Waals surface area contributed by atoms with Gasteiger partial charge in [-0.25, -0.2) is 13.9 Å². The molecule has 182 valence electrons. The third-order valence-corrected chi connectivity index (χ3v) is 6.65. The molecule has 2 N–H and O–H groups in total. The third-order valence-electron chi connectivity index (χ3n) is 5.89. The number of nitrogens with one attached hydrogen (secondary N) is 2. The van der Waals surface area contributed by atoms with Crippen molar-refractivity contribution in [1.82, 2.24) is 19.3 Å². The van der Waals surface area contributed by atoms with Crippen LogP contribution in [0.4, 0.5) is 17.6 Å².